The van der Waals surface area contributed by atoms with Crippen LogP contribution >= 0.6 is 23.4 Å². The average molecular weight is 301 g/mol. The number of carbonyl (C=O) groups is 1. The van der Waals surface area contributed by atoms with Crippen LogP contribution in [0.1, 0.15) is 6.42 Å². The molecule has 0 spiro atoms. The molecule has 1 rings (SSSR count). The third kappa shape index (κ3) is 5.46. The Morgan fingerprint density at radius 2 is 2.18 bits per heavy atom. The number of sulfone groups is 1. The van der Waals surface area contributed by atoms with Crippen molar-refractivity contribution in [3.63, 3.8) is 0 Å². The van der Waals surface area contributed by atoms with E-state index in [1.54, 1.807) is 0 Å². The number of hydrogen-bond donors (Lipinski definition) is 2. The molecule has 3 N–H and O–H groups in total. The second-order valence-corrected chi connectivity index (χ2v) is 7.78. The summed E-state index contributed by atoms with van der Waals surface area (Å²) in [7, 11) is -3.09. The molecule has 1 amide bonds. The molecule has 0 radical (unpaired) electrons. The molecule has 0 aliphatic carbocycles. The van der Waals surface area contributed by atoms with E-state index in [4.69, 9.17) is 17.3 Å². The van der Waals surface area contributed by atoms with E-state index in [0.717, 1.165) is 12.2 Å². The van der Waals surface area contributed by atoms with E-state index < -0.39 is 21.3 Å². The SMILES string of the molecule is NCCCSCC(=O)NC1CS(=O)(=O)CC1Cl. The van der Waals surface area contributed by atoms with Crippen molar-refractivity contribution in [3.05, 3.63) is 0 Å². The van der Waals surface area contributed by atoms with E-state index in [9.17, 15) is 13.2 Å². The molecule has 1 heterocycles. The fourth-order valence-corrected chi connectivity index (χ4v) is 4.87. The predicted octanol–water partition coefficient (Wildman–Crippen LogP) is -0.411. The Kier molecular flexibility index (Phi) is 6.05. The highest BCUT2D eigenvalue weighted by molar-refractivity contribution is 7.99. The van der Waals surface area contributed by atoms with Gasteiger partial charge in [0.05, 0.1) is 28.7 Å². The average Bonchev–Trinajstić information content (AvgIpc) is 2.47. The lowest BCUT2D eigenvalue weighted by Crippen LogP contribution is -2.41. The Morgan fingerprint density at radius 1 is 1.47 bits per heavy atom. The minimum absolute atomic E-state index is 0.0552. The van der Waals surface area contributed by atoms with Gasteiger partial charge in [-0.3, -0.25) is 4.79 Å². The minimum Gasteiger partial charge on any atom is -0.350 e. The van der Waals surface area contributed by atoms with Crippen LogP contribution in [-0.2, 0) is 14.6 Å². The van der Waals surface area contributed by atoms with Gasteiger partial charge < -0.3 is 11.1 Å². The van der Waals surface area contributed by atoms with Gasteiger partial charge >= 0.3 is 0 Å². The first-order chi connectivity index (χ1) is 7.94. The van der Waals surface area contributed by atoms with Crippen LogP contribution < -0.4 is 11.1 Å². The lowest BCUT2D eigenvalue weighted by atomic mass is 10.2. The number of halogens is 1. The Bertz CT molecular complexity index is 361. The molecule has 1 aliphatic heterocycles. The summed E-state index contributed by atoms with van der Waals surface area (Å²) in [6, 6.07) is -0.454. The van der Waals surface area contributed by atoms with Crippen molar-refractivity contribution in [2.75, 3.05) is 29.6 Å². The smallest absolute Gasteiger partial charge is 0.230 e. The number of nitrogens with one attached hydrogen (secondary N) is 1. The maximum Gasteiger partial charge on any atom is 0.230 e. The molecule has 8 heteroatoms. The minimum atomic E-state index is -3.09. The third-order valence-electron chi connectivity index (χ3n) is 2.36. The Labute approximate surface area is 111 Å². The molecule has 0 aromatic heterocycles. The highest BCUT2D eigenvalue weighted by Gasteiger charge is 2.37. The maximum atomic E-state index is 11.5. The van der Waals surface area contributed by atoms with Crippen LogP contribution in [0.25, 0.3) is 0 Å². The Hall–Kier alpha value is 0.0200. The zero-order valence-electron chi connectivity index (χ0n) is 9.39. The molecule has 17 heavy (non-hydrogen) atoms. The third-order valence-corrected chi connectivity index (χ3v) is 5.77. The summed E-state index contributed by atoms with van der Waals surface area (Å²) < 4.78 is 22.6. The summed E-state index contributed by atoms with van der Waals surface area (Å²) in [5.74, 6) is 0.872. The second kappa shape index (κ2) is 6.82. The van der Waals surface area contributed by atoms with E-state index in [1.165, 1.54) is 11.8 Å². The van der Waals surface area contributed by atoms with Gasteiger partial charge in [-0.25, -0.2) is 8.42 Å². The van der Waals surface area contributed by atoms with Gasteiger partial charge in [0.1, 0.15) is 0 Å². The maximum absolute atomic E-state index is 11.5. The van der Waals surface area contributed by atoms with Gasteiger partial charge in [-0.2, -0.15) is 11.8 Å². The molecular formula is C9H17ClN2O3S2. The van der Waals surface area contributed by atoms with Crippen LogP contribution in [0.5, 0.6) is 0 Å². The first kappa shape index (κ1) is 15.1. The lowest BCUT2D eigenvalue weighted by Gasteiger charge is -2.13. The first-order valence-electron chi connectivity index (χ1n) is 5.36. The standard InChI is InChI=1S/C9H17ClN2O3S2/c10-7-5-17(14,15)6-8(7)12-9(13)4-16-3-1-2-11/h7-8H,1-6,11H2,(H,12,13). The van der Waals surface area contributed by atoms with Gasteiger partial charge in [-0.15, -0.1) is 11.6 Å². The largest absolute Gasteiger partial charge is 0.350 e. The fourth-order valence-electron chi connectivity index (χ4n) is 1.54. The van der Waals surface area contributed by atoms with Crippen LogP contribution in [0, 0.1) is 0 Å². The summed E-state index contributed by atoms with van der Waals surface area (Å²) in [6.45, 7) is 0.610. The van der Waals surface area contributed by atoms with Crippen LogP contribution in [0.4, 0.5) is 0 Å². The van der Waals surface area contributed by atoms with Crippen molar-refractivity contribution in [1.82, 2.24) is 5.32 Å². The molecule has 1 saturated heterocycles. The van der Waals surface area contributed by atoms with Crippen molar-refractivity contribution in [2.24, 2.45) is 5.73 Å². The van der Waals surface area contributed by atoms with Gasteiger partial charge in [-0.1, -0.05) is 0 Å². The van der Waals surface area contributed by atoms with Gasteiger partial charge in [0.2, 0.25) is 5.91 Å². The van der Waals surface area contributed by atoms with Crippen LogP contribution in [-0.4, -0.2) is 55.3 Å². The van der Waals surface area contributed by atoms with E-state index in [-0.39, 0.29) is 17.4 Å². The molecule has 0 aromatic carbocycles. The van der Waals surface area contributed by atoms with Crippen molar-refractivity contribution in [3.8, 4) is 0 Å². The summed E-state index contributed by atoms with van der Waals surface area (Å²) >= 11 is 7.36. The molecule has 100 valence electrons. The fraction of sp³-hybridized carbons (Fsp3) is 0.889. The molecule has 2 unspecified atom stereocenters. The van der Waals surface area contributed by atoms with Crippen LogP contribution in [0.15, 0.2) is 0 Å². The molecule has 0 bridgehead atoms. The number of rotatable bonds is 6. The second-order valence-electron chi connectivity index (χ2n) is 3.96. The zero-order chi connectivity index (χ0) is 12.9. The quantitative estimate of drug-likeness (QED) is 0.514. The molecule has 2 atom stereocenters. The normalized spacial score (nSPS) is 26.9. The Morgan fingerprint density at radius 3 is 2.71 bits per heavy atom. The molecule has 0 aromatic rings. The van der Waals surface area contributed by atoms with Crippen LogP contribution in [0.3, 0.4) is 0 Å². The van der Waals surface area contributed by atoms with E-state index in [2.05, 4.69) is 5.32 Å². The highest BCUT2D eigenvalue weighted by atomic mass is 35.5. The van der Waals surface area contributed by atoms with Crippen molar-refractivity contribution in [2.45, 2.75) is 17.8 Å². The van der Waals surface area contributed by atoms with Crippen molar-refractivity contribution >= 4 is 39.1 Å². The zero-order valence-corrected chi connectivity index (χ0v) is 11.8. The number of nitrogens with two attached hydrogens (primary N) is 1. The molecule has 1 aliphatic rings. The molecule has 0 saturated carbocycles. The number of carbonyl (C=O) groups excluding carboxylic acids is 1. The molecule has 1 fully saturated rings. The lowest BCUT2D eigenvalue weighted by molar-refractivity contribution is -0.119. The number of amides is 1. The van der Waals surface area contributed by atoms with Gasteiger partial charge in [0.15, 0.2) is 9.84 Å². The highest BCUT2D eigenvalue weighted by Crippen LogP contribution is 2.18. The number of thioether (sulfide) groups is 1. The molecular weight excluding hydrogens is 284 g/mol. The summed E-state index contributed by atoms with van der Waals surface area (Å²) in [5.41, 5.74) is 5.33. The van der Waals surface area contributed by atoms with Crippen molar-refractivity contribution in [1.29, 1.82) is 0 Å². The van der Waals surface area contributed by atoms with E-state index in [0.29, 0.717) is 12.3 Å². The van der Waals surface area contributed by atoms with Gasteiger partial charge in [0.25, 0.3) is 0 Å². The predicted molar refractivity (Wildman–Crippen MR) is 71.2 cm³/mol. The first-order valence-corrected chi connectivity index (χ1v) is 8.77. The summed E-state index contributed by atoms with van der Waals surface area (Å²) in [6.07, 6.45) is 0.869. The summed E-state index contributed by atoms with van der Waals surface area (Å²) in [5, 5.41) is 2.14. The molecule has 5 nitrogen and oxygen atoms in total. The number of alkyl halides is 1. The topological polar surface area (TPSA) is 89.3 Å². The van der Waals surface area contributed by atoms with Gasteiger partial charge in [-0.05, 0) is 18.7 Å². The summed E-state index contributed by atoms with van der Waals surface area (Å²) in [4.78, 5) is 11.5. The van der Waals surface area contributed by atoms with Crippen LogP contribution in [0.2, 0.25) is 0 Å². The number of hydrogen-bond acceptors (Lipinski definition) is 5. The van der Waals surface area contributed by atoms with Crippen molar-refractivity contribution < 1.29 is 13.2 Å². The van der Waals surface area contributed by atoms with E-state index in [1.807, 2.05) is 0 Å². The monoisotopic (exact) mass is 300 g/mol. The van der Waals surface area contributed by atoms with Gasteiger partial charge in [0, 0.05) is 0 Å². The van der Waals surface area contributed by atoms with E-state index >= 15 is 0 Å². The Balaban J connectivity index is 2.27.